The SMILES string of the molecule is Cc1cccc(NC(=O)Cn2cnc3c(=O)n(C)c(=O)n(C)c32)c1. The molecule has 1 amide bonds. The van der Waals surface area contributed by atoms with E-state index in [0.717, 1.165) is 10.1 Å². The van der Waals surface area contributed by atoms with Gasteiger partial charge in [-0.2, -0.15) is 0 Å². The van der Waals surface area contributed by atoms with E-state index in [4.69, 9.17) is 0 Å². The third-order valence-electron chi connectivity index (χ3n) is 3.82. The van der Waals surface area contributed by atoms with Gasteiger partial charge in [-0.15, -0.1) is 0 Å². The van der Waals surface area contributed by atoms with Gasteiger partial charge in [-0.25, -0.2) is 9.78 Å². The van der Waals surface area contributed by atoms with Crippen molar-refractivity contribution in [3.63, 3.8) is 0 Å². The average Bonchev–Trinajstić information content (AvgIpc) is 2.94. The molecule has 1 aromatic carbocycles. The van der Waals surface area contributed by atoms with E-state index in [2.05, 4.69) is 10.3 Å². The Bertz CT molecular complexity index is 1060. The Morgan fingerprint density at radius 1 is 1.21 bits per heavy atom. The van der Waals surface area contributed by atoms with Crippen LogP contribution in [0.2, 0.25) is 0 Å². The summed E-state index contributed by atoms with van der Waals surface area (Å²) in [5.74, 6) is -0.270. The van der Waals surface area contributed by atoms with Gasteiger partial charge in [0.05, 0.1) is 6.33 Å². The lowest BCUT2D eigenvalue weighted by Gasteiger charge is -2.09. The van der Waals surface area contributed by atoms with E-state index in [1.54, 1.807) is 13.1 Å². The highest BCUT2D eigenvalue weighted by Gasteiger charge is 2.15. The van der Waals surface area contributed by atoms with Crippen LogP contribution in [0.25, 0.3) is 11.2 Å². The number of fused-ring (bicyclic) bond motifs is 1. The molecule has 0 bridgehead atoms. The van der Waals surface area contributed by atoms with E-state index in [1.807, 2.05) is 25.1 Å². The Hall–Kier alpha value is -3.16. The minimum absolute atomic E-state index is 0.0507. The fraction of sp³-hybridized carbons (Fsp3) is 0.250. The normalized spacial score (nSPS) is 11.0. The van der Waals surface area contributed by atoms with Gasteiger partial charge in [-0.3, -0.25) is 18.7 Å². The molecule has 0 aliphatic carbocycles. The summed E-state index contributed by atoms with van der Waals surface area (Å²) in [5, 5.41) is 2.79. The molecular formula is C16H17N5O3. The smallest absolute Gasteiger partial charge is 0.325 e. The quantitative estimate of drug-likeness (QED) is 0.753. The number of amides is 1. The zero-order valence-electron chi connectivity index (χ0n) is 13.6. The molecule has 1 N–H and O–H groups in total. The number of aromatic nitrogens is 4. The maximum Gasteiger partial charge on any atom is 0.332 e. The standard InChI is InChI=1S/C16H17N5O3/c1-10-5-4-6-11(7-10)18-12(22)8-21-9-17-13-14(21)19(2)16(24)20(3)15(13)23/h4-7,9H,8H2,1-3H3,(H,18,22). The first kappa shape index (κ1) is 15.7. The van der Waals surface area contributed by atoms with E-state index < -0.39 is 11.2 Å². The Balaban J connectivity index is 1.95. The van der Waals surface area contributed by atoms with Gasteiger partial charge in [-0.1, -0.05) is 12.1 Å². The molecule has 0 saturated heterocycles. The number of nitrogens with zero attached hydrogens (tertiary/aromatic N) is 4. The minimum atomic E-state index is -0.481. The van der Waals surface area contributed by atoms with Crippen molar-refractivity contribution in [3.05, 3.63) is 57.0 Å². The van der Waals surface area contributed by atoms with E-state index >= 15 is 0 Å². The predicted octanol–water partition coefficient (Wildman–Crippen LogP) is 0.381. The van der Waals surface area contributed by atoms with Gasteiger partial charge in [0, 0.05) is 19.8 Å². The lowest BCUT2D eigenvalue weighted by atomic mass is 10.2. The second-order valence-corrected chi connectivity index (χ2v) is 5.67. The topological polar surface area (TPSA) is 90.9 Å². The molecule has 24 heavy (non-hydrogen) atoms. The van der Waals surface area contributed by atoms with Gasteiger partial charge in [0.1, 0.15) is 12.2 Å². The van der Waals surface area contributed by atoms with E-state index in [9.17, 15) is 14.4 Å². The summed E-state index contributed by atoms with van der Waals surface area (Å²) in [5.41, 5.74) is 1.26. The van der Waals surface area contributed by atoms with Crippen LogP contribution in [-0.2, 0) is 25.4 Å². The largest absolute Gasteiger partial charge is 0.332 e. The van der Waals surface area contributed by atoms with Crippen LogP contribution in [0.5, 0.6) is 0 Å². The summed E-state index contributed by atoms with van der Waals surface area (Å²) in [6.45, 7) is 1.88. The highest BCUT2D eigenvalue weighted by atomic mass is 16.2. The molecule has 8 nitrogen and oxygen atoms in total. The Morgan fingerprint density at radius 3 is 2.67 bits per heavy atom. The Labute approximate surface area is 137 Å². The summed E-state index contributed by atoms with van der Waals surface area (Å²) in [6, 6.07) is 7.44. The monoisotopic (exact) mass is 327 g/mol. The molecule has 0 saturated carbocycles. The number of rotatable bonds is 3. The number of hydrogen-bond acceptors (Lipinski definition) is 4. The molecule has 2 aromatic heterocycles. The lowest BCUT2D eigenvalue weighted by molar-refractivity contribution is -0.116. The van der Waals surface area contributed by atoms with Crippen LogP contribution in [0.4, 0.5) is 5.69 Å². The number of carbonyl (C=O) groups excluding carboxylic acids is 1. The van der Waals surface area contributed by atoms with Crippen LogP contribution in [0.1, 0.15) is 5.56 Å². The molecule has 0 aliphatic heterocycles. The van der Waals surface area contributed by atoms with Crippen LogP contribution in [-0.4, -0.2) is 24.6 Å². The molecule has 3 aromatic rings. The molecule has 0 aliphatic rings. The molecule has 3 rings (SSSR count). The number of carbonyl (C=O) groups is 1. The predicted molar refractivity (Wildman–Crippen MR) is 90.0 cm³/mol. The Kier molecular flexibility index (Phi) is 3.80. The zero-order valence-corrected chi connectivity index (χ0v) is 13.6. The fourth-order valence-corrected chi connectivity index (χ4v) is 2.63. The van der Waals surface area contributed by atoms with Gasteiger partial charge in [-0.05, 0) is 24.6 Å². The molecule has 0 fully saturated rings. The van der Waals surface area contributed by atoms with Crippen molar-refractivity contribution in [3.8, 4) is 0 Å². The van der Waals surface area contributed by atoms with Crippen molar-refractivity contribution < 1.29 is 4.79 Å². The van der Waals surface area contributed by atoms with Crippen molar-refractivity contribution >= 4 is 22.8 Å². The molecule has 2 heterocycles. The number of nitrogens with one attached hydrogen (secondary N) is 1. The molecule has 8 heteroatoms. The van der Waals surface area contributed by atoms with Crippen LogP contribution >= 0.6 is 0 Å². The third-order valence-corrected chi connectivity index (χ3v) is 3.82. The van der Waals surface area contributed by atoms with Gasteiger partial charge in [0.2, 0.25) is 5.91 Å². The van der Waals surface area contributed by atoms with E-state index in [1.165, 1.54) is 22.5 Å². The molecular weight excluding hydrogens is 310 g/mol. The first-order chi connectivity index (χ1) is 11.4. The summed E-state index contributed by atoms with van der Waals surface area (Å²) in [7, 11) is 2.94. The summed E-state index contributed by atoms with van der Waals surface area (Å²) in [6.07, 6.45) is 1.39. The van der Waals surface area contributed by atoms with Crippen LogP contribution < -0.4 is 16.6 Å². The maximum absolute atomic E-state index is 12.3. The molecule has 124 valence electrons. The van der Waals surface area contributed by atoms with Crippen molar-refractivity contribution in [2.75, 3.05) is 5.32 Å². The second kappa shape index (κ2) is 5.80. The van der Waals surface area contributed by atoms with Crippen molar-refractivity contribution in [1.29, 1.82) is 0 Å². The van der Waals surface area contributed by atoms with Gasteiger partial charge < -0.3 is 9.88 Å². The van der Waals surface area contributed by atoms with Crippen molar-refractivity contribution in [1.82, 2.24) is 18.7 Å². The first-order valence-electron chi connectivity index (χ1n) is 7.36. The molecule has 0 radical (unpaired) electrons. The van der Waals surface area contributed by atoms with Gasteiger partial charge >= 0.3 is 5.69 Å². The first-order valence-corrected chi connectivity index (χ1v) is 7.36. The summed E-state index contributed by atoms with van der Waals surface area (Å²) in [4.78, 5) is 40.5. The van der Waals surface area contributed by atoms with Crippen molar-refractivity contribution in [2.24, 2.45) is 14.1 Å². The average molecular weight is 327 g/mol. The number of anilines is 1. The molecule has 0 unspecified atom stereocenters. The van der Waals surface area contributed by atoms with Crippen LogP contribution in [0.15, 0.2) is 40.2 Å². The number of imidazole rings is 1. The van der Waals surface area contributed by atoms with Gasteiger partial charge in [0.15, 0.2) is 5.52 Å². The zero-order chi connectivity index (χ0) is 17.4. The van der Waals surface area contributed by atoms with Gasteiger partial charge in [0.25, 0.3) is 5.56 Å². The highest BCUT2D eigenvalue weighted by molar-refractivity contribution is 5.91. The highest BCUT2D eigenvalue weighted by Crippen LogP contribution is 2.10. The summed E-state index contributed by atoms with van der Waals surface area (Å²) >= 11 is 0. The fourth-order valence-electron chi connectivity index (χ4n) is 2.63. The molecule has 0 atom stereocenters. The van der Waals surface area contributed by atoms with Crippen LogP contribution in [0.3, 0.4) is 0 Å². The number of benzene rings is 1. The summed E-state index contributed by atoms with van der Waals surface area (Å²) < 4.78 is 3.79. The van der Waals surface area contributed by atoms with E-state index in [-0.39, 0.29) is 18.0 Å². The maximum atomic E-state index is 12.3. The Morgan fingerprint density at radius 2 is 1.96 bits per heavy atom. The third kappa shape index (κ3) is 2.62. The molecule has 0 spiro atoms. The minimum Gasteiger partial charge on any atom is -0.325 e. The van der Waals surface area contributed by atoms with Crippen molar-refractivity contribution in [2.45, 2.75) is 13.5 Å². The number of hydrogen-bond donors (Lipinski definition) is 1. The van der Waals surface area contributed by atoms with Crippen LogP contribution in [0, 0.1) is 6.92 Å². The second-order valence-electron chi connectivity index (χ2n) is 5.67. The van der Waals surface area contributed by atoms with E-state index in [0.29, 0.717) is 11.3 Å². The number of aryl methyl sites for hydroxylation is 2. The lowest BCUT2D eigenvalue weighted by Crippen LogP contribution is -2.37.